The average Bonchev–Trinajstić information content (AvgIpc) is 3.15. The lowest BCUT2D eigenvalue weighted by Gasteiger charge is -2.36. The number of halogens is 1. The predicted octanol–water partition coefficient (Wildman–Crippen LogP) is 2.87. The molecule has 150 valence electrons. The zero-order chi connectivity index (χ0) is 20.1. The maximum Gasteiger partial charge on any atom is 0.242 e. The first-order valence-corrected chi connectivity index (χ1v) is 9.77. The average molecular weight is 404 g/mol. The van der Waals surface area contributed by atoms with Crippen LogP contribution >= 0.6 is 11.6 Å². The molecule has 1 aliphatic rings. The van der Waals surface area contributed by atoms with Crippen LogP contribution < -0.4 is 5.32 Å². The number of carbonyl (C=O) groups is 1. The number of benzene rings is 1. The Labute approximate surface area is 170 Å². The van der Waals surface area contributed by atoms with Gasteiger partial charge in [0.15, 0.2) is 11.7 Å². The van der Waals surface area contributed by atoms with Crippen LogP contribution in [-0.2, 0) is 17.9 Å². The lowest BCUT2D eigenvalue weighted by molar-refractivity contribution is -0.135. The normalized spacial score (nSPS) is 15.5. The van der Waals surface area contributed by atoms with E-state index in [9.17, 15) is 4.79 Å². The number of nitrogens with one attached hydrogen (secondary N) is 1. The summed E-state index contributed by atoms with van der Waals surface area (Å²) in [4.78, 5) is 20.7. The van der Waals surface area contributed by atoms with E-state index in [4.69, 9.17) is 16.1 Å². The van der Waals surface area contributed by atoms with Gasteiger partial charge in [0.25, 0.3) is 0 Å². The number of aliphatic imine (C=N–C) groups is 1. The summed E-state index contributed by atoms with van der Waals surface area (Å²) in [5.74, 6) is 1.83. The molecule has 1 aliphatic heterocycles. The minimum Gasteiger partial charge on any atom is -0.359 e. The number of amides is 1. The molecule has 0 aliphatic carbocycles. The molecule has 0 saturated carbocycles. The van der Waals surface area contributed by atoms with Crippen molar-refractivity contribution < 1.29 is 9.32 Å². The molecule has 1 amide bonds. The van der Waals surface area contributed by atoms with E-state index in [0.717, 1.165) is 17.0 Å². The van der Waals surface area contributed by atoms with Crippen molar-refractivity contribution in [1.29, 1.82) is 0 Å². The molecule has 2 aromatic rings. The molecule has 0 atom stereocenters. The summed E-state index contributed by atoms with van der Waals surface area (Å²) >= 11 is 5.93. The van der Waals surface area contributed by atoms with Gasteiger partial charge in [-0.2, -0.15) is 0 Å². The van der Waals surface area contributed by atoms with Crippen LogP contribution in [0.3, 0.4) is 0 Å². The fraction of sp³-hybridized carbons (Fsp3) is 0.450. The zero-order valence-corrected chi connectivity index (χ0v) is 17.2. The van der Waals surface area contributed by atoms with Crippen molar-refractivity contribution >= 4 is 23.5 Å². The summed E-state index contributed by atoms with van der Waals surface area (Å²) in [7, 11) is 1.72. The van der Waals surface area contributed by atoms with Crippen LogP contribution in [0.5, 0.6) is 0 Å². The smallest absolute Gasteiger partial charge is 0.242 e. The number of piperazine rings is 1. The van der Waals surface area contributed by atoms with Gasteiger partial charge >= 0.3 is 0 Å². The molecule has 1 fully saturated rings. The fourth-order valence-corrected chi connectivity index (χ4v) is 3.18. The van der Waals surface area contributed by atoms with E-state index >= 15 is 0 Å². The molecule has 0 bridgehead atoms. The van der Waals surface area contributed by atoms with Crippen LogP contribution in [0.2, 0.25) is 5.02 Å². The molecule has 2 heterocycles. The van der Waals surface area contributed by atoms with E-state index < -0.39 is 0 Å². The Morgan fingerprint density at radius 1 is 1.32 bits per heavy atom. The molecule has 0 unspecified atom stereocenters. The third-order valence-electron chi connectivity index (χ3n) is 4.71. The van der Waals surface area contributed by atoms with Crippen LogP contribution in [-0.4, -0.2) is 53.5 Å². The molecule has 3 rings (SSSR count). The van der Waals surface area contributed by atoms with Crippen LogP contribution in [0.15, 0.2) is 39.8 Å². The number of guanidine groups is 1. The standard InChI is InChI=1S/C20H26ClN5O2/c1-14(2)18-10-17(28-24-18)11-23-20(22-3)26-9-8-25(19(27)13-26)12-15-4-6-16(21)7-5-15/h4-7,10,14H,8-9,11-13H2,1-3H3,(H,22,23). The summed E-state index contributed by atoms with van der Waals surface area (Å²) in [6.07, 6.45) is 0. The van der Waals surface area contributed by atoms with Crippen molar-refractivity contribution in [3.63, 3.8) is 0 Å². The molecule has 1 saturated heterocycles. The maximum atomic E-state index is 12.6. The highest BCUT2D eigenvalue weighted by Gasteiger charge is 2.26. The minimum absolute atomic E-state index is 0.0749. The second kappa shape index (κ2) is 9.10. The van der Waals surface area contributed by atoms with E-state index in [-0.39, 0.29) is 5.91 Å². The number of nitrogens with zero attached hydrogens (tertiary/aromatic N) is 4. The third kappa shape index (κ3) is 5.04. The topological polar surface area (TPSA) is 74.0 Å². The Morgan fingerprint density at radius 2 is 2.07 bits per heavy atom. The number of aromatic nitrogens is 1. The lowest BCUT2D eigenvalue weighted by atomic mass is 10.1. The van der Waals surface area contributed by atoms with E-state index in [2.05, 4.69) is 29.3 Å². The Bertz CT molecular complexity index is 831. The van der Waals surface area contributed by atoms with E-state index in [0.29, 0.717) is 49.6 Å². The number of carbonyl (C=O) groups excluding carboxylic acids is 1. The molecule has 0 spiro atoms. The summed E-state index contributed by atoms with van der Waals surface area (Å²) in [6, 6.07) is 9.53. The van der Waals surface area contributed by atoms with Gasteiger partial charge < -0.3 is 19.6 Å². The Balaban J connectivity index is 1.53. The van der Waals surface area contributed by atoms with Gasteiger partial charge in [-0.05, 0) is 23.6 Å². The first-order valence-electron chi connectivity index (χ1n) is 9.39. The van der Waals surface area contributed by atoms with Crippen LogP contribution in [0.25, 0.3) is 0 Å². The lowest BCUT2D eigenvalue weighted by Crippen LogP contribution is -2.54. The van der Waals surface area contributed by atoms with Gasteiger partial charge in [0.1, 0.15) is 0 Å². The highest BCUT2D eigenvalue weighted by Crippen LogP contribution is 2.15. The van der Waals surface area contributed by atoms with Gasteiger partial charge in [0.05, 0.1) is 18.8 Å². The van der Waals surface area contributed by atoms with Gasteiger partial charge in [0.2, 0.25) is 5.91 Å². The van der Waals surface area contributed by atoms with Crippen LogP contribution in [0.4, 0.5) is 0 Å². The molecule has 28 heavy (non-hydrogen) atoms. The number of hydrogen-bond acceptors (Lipinski definition) is 4. The number of rotatable bonds is 5. The van der Waals surface area contributed by atoms with Crippen LogP contribution in [0, 0.1) is 0 Å². The highest BCUT2D eigenvalue weighted by atomic mass is 35.5. The zero-order valence-electron chi connectivity index (χ0n) is 16.5. The van der Waals surface area contributed by atoms with E-state index in [1.807, 2.05) is 40.1 Å². The largest absolute Gasteiger partial charge is 0.359 e. The molecular weight excluding hydrogens is 378 g/mol. The third-order valence-corrected chi connectivity index (χ3v) is 4.96. The van der Waals surface area contributed by atoms with Gasteiger partial charge in [-0.3, -0.25) is 9.79 Å². The van der Waals surface area contributed by atoms with Gasteiger partial charge in [-0.15, -0.1) is 0 Å². The van der Waals surface area contributed by atoms with E-state index in [1.54, 1.807) is 7.05 Å². The van der Waals surface area contributed by atoms with Crippen molar-refractivity contribution in [2.24, 2.45) is 4.99 Å². The van der Waals surface area contributed by atoms with Crippen molar-refractivity contribution in [2.45, 2.75) is 32.9 Å². The summed E-state index contributed by atoms with van der Waals surface area (Å²) in [6.45, 7) is 6.86. The van der Waals surface area contributed by atoms with Gasteiger partial charge in [-0.25, -0.2) is 0 Å². The Kier molecular flexibility index (Phi) is 6.57. The first kappa shape index (κ1) is 20.2. The Morgan fingerprint density at radius 3 is 2.68 bits per heavy atom. The minimum atomic E-state index is 0.0749. The number of hydrogen-bond donors (Lipinski definition) is 1. The predicted molar refractivity (Wildman–Crippen MR) is 109 cm³/mol. The molecule has 8 heteroatoms. The molecular formula is C20H26ClN5O2. The summed E-state index contributed by atoms with van der Waals surface area (Å²) in [5.41, 5.74) is 2.00. The summed E-state index contributed by atoms with van der Waals surface area (Å²) < 4.78 is 5.35. The second-order valence-electron chi connectivity index (χ2n) is 7.14. The maximum absolute atomic E-state index is 12.6. The SMILES string of the molecule is CN=C(NCc1cc(C(C)C)no1)N1CCN(Cc2ccc(Cl)cc2)C(=O)C1. The molecule has 1 aromatic heterocycles. The molecule has 1 aromatic carbocycles. The Hall–Kier alpha value is -2.54. The fourth-order valence-electron chi connectivity index (χ4n) is 3.05. The highest BCUT2D eigenvalue weighted by molar-refractivity contribution is 6.30. The molecule has 1 N–H and O–H groups in total. The van der Waals surface area contributed by atoms with Gasteiger partial charge in [-0.1, -0.05) is 42.7 Å². The van der Waals surface area contributed by atoms with Gasteiger partial charge in [0, 0.05) is 37.8 Å². The second-order valence-corrected chi connectivity index (χ2v) is 7.57. The molecule has 7 nitrogen and oxygen atoms in total. The van der Waals surface area contributed by atoms with Crippen molar-refractivity contribution in [2.75, 3.05) is 26.7 Å². The van der Waals surface area contributed by atoms with Crippen LogP contribution in [0.1, 0.15) is 36.8 Å². The van der Waals surface area contributed by atoms with Crippen molar-refractivity contribution in [3.8, 4) is 0 Å². The van der Waals surface area contributed by atoms with Crippen molar-refractivity contribution in [3.05, 3.63) is 52.4 Å². The van der Waals surface area contributed by atoms with Crippen molar-refractivity contribution in [1.82, 2.24) is 20.3 Å². The van der Waals surface area contributed by atoms with E-state index in [1.165, 1.54) is 0 Å². The summed E-state index contributed by atoms with van der Waals surface area (Å²) in [5, 5.41) is 8.01. The monoisotopic (exact) mass is 403 g/mol. The quantitative estimate of drug-likeness (QED) is 0.613. The molecule has 0 radical (unpaired) electrons. The first-order chi connectivity index (χ1) is 13.5.